The minimum atomic E-state index is -1.06. The van der Waals surface area contributed by atoms with E-state index in [0.29, 0.717) is 64.2 Å². The number of carbonyl (C=O) groups is 1. The second-order valence-corrected chi connectivity index (χ2v) is 4.90. The lowest BCUT2D eigenvalue weighted by Crippen LogP contribution is -2.39. The molecule has 8 heteroatoms. The molecule has 0 aliphatic carbocycles. The topological polar surface area (TPSA) is 88.0 Å². The SMILES string of the molecule is O=C(O)c1nc(N2CCOCC2)cnc1N1CCOCC1. The van der Waals surface area contributed by atoms with Gasteiger partial charge in [-0.05, 0) is 0 Å². The molecule has 2 aliphatic heterocycles. The molecular formula is C13H18N4O4. The number of ether oxygens (including phenoxy) is 2. The summed E-state index contributed by atoms with van der Waals surface area (Å²) in [4.78, 5) is 24.0. The van der Waals surface area contributed by atoms with Crippen molar-refractivity contribution in [2.75, 3.05) is 62.4 Å². The standard InChI is InChI=1S/C13H18N4O4/c18-13(19)11-12(17-3-7-21-8-4-17)14-9-10(15-11)16-1-5-20-6-2-16/h9H,1-8H2,(H,18,19). The number of carboxylic acids is 1. The third kappa shape index (κ3) is 3.06. The molecule has 0 saturated carbocycles. The van der Waals surface area contributed by atoms with Crippen LogP contribution in [0.5, 0.6) is 0 Å². The van der Waals surface area contributed by atoms with Crippen molar-refractivity contribution in [3.63, 3.8) is 0 Å². The first-order valence-corrected chi connectivity index (χ1v) is 7.01. The van der Waals surface area contributed by atoms with Crippen molar-refractivity contribution in [3.8, 4) is 0 Å². The van der Waals surface area contributed by atoms with Crippen LogP contribution in [0.15, 0.2) is 6.20 Å². The first-order chi connectivity index (χ1) is 10.3. The van der Waals surface area contributed by atoms with Crippen LogP contribution < -0.4 is 9.80 Å². The zero-order chi connectivity index (χ0) is 14.7. The fraction of sp³-hybridized carbons (Fsp3) is 0.615. The maximum Gasteiger partial charge on any atom is 0.358 e. The van der Waals surface area contributed by atoms with E-state index in [0.717, 1.165) is 0 Å². The summed E-state index contributed by atoms with van der Waals surface area (Å²) in [7, 11) is 0. The van der Waals surface area contributed by atoms with Gasteiger partial charge in [0.25, 0.3) is 0 Å². The summed E-state index contributed by atoms with van der Waals surface area (Å²) in [5.41, 5.74) is 0.000826. The van der Waals surface area contributed by atoms with Crippen molar-refractivity contribution < 1.29 is 19.4 Å². The highest BCUT2D eigenvalue weighted by Gasteiger charge is 2.23. The number of aromatic carboxylic acids is 1. The molecule has 0 bridgehead atoms. The predicted molar refractivity (Wildman–Crippen MR) is 75.1 cm³/mol. The lowest BCUT2D eigenvalue weighted by atomic mass is 10.3. The molecule has 0 amide bonds. The van der Waals surface area contributed by atoms with Gasteiger partial charge in [0.2, 0.25) is 0 Å². The third-order valence-corrected chi connectivity index (χ3v) is 3.59. The molecule has 2 fully saturated rings. The number of hydrogen-bond donors (Lipinski definition) is 1. The van der Waals surface area contributed by atoms with E-state index in [4.69, 9.17) is 9.47 Å². The molecule has 114 valence electrons. The Morgan fingerprint density at radius 1 is 1.05 bits per heavy atom. The summed E-state index contributed by atoms with van der Waals surface area (Å²) < 4.78 is 10.6. The van der Waals surface area contributed by atoms with Gasteiger partial charge in [0.15, 0.2) is 11.5 Å². The molecule has 2 aliphatic rings. The molecule has 1 aromatic rings. The fourth-order valence-electron chi connectivity index (χ4n) is 2.47. The van der Waals surface area contributed by atoms with Crippen LogP contribution in [0.2, 0.25) is 0 Å². The number of nitrogens with zero attached hydrogens (tertiary/aromatic N) is 4. The van der Waals surface area contributed by atoms with Gasteiger partial charge in [-0.15, -0.1) is 0 Å². The van der Waals surface area contributed by atoms with Crippen LogP contribution >= 0.6 is 0 Å². The summed E-state index contributed by atoms with van der Waals surface area (Å²) in [5.74, 6) is -0.0466. The minimum Gasteiger partial charge on any atom is -0.476 e. The largest absolute Gasteiger partial charge is 0.476 e. The average Bonchev–Trinajstić information content (AvgIpc) is 2.56. The number of hydrogen-bond acceptors (Lipinski definition) is 7. The molecule has 2 saturated heterocycles. The van der Waals surface area contributed by atoms with Gasteiger partial charge in [-0.25, -0.2) is 14.8 Å². The number of morpholine rings is 2. The molecule has 21 heavy (non-hydrogen) atoms. The Morgan fingerprint density at radius 2 is 1.62 bits per heavy atom. The van der Waals surface area contributed by atoms with E-state index in [1.807, 2.05) is 9.80 Å². The Morgan fingerprint density at radius 3 is 2.19 bits per heavy atom. The van der Waals surface area contributed by atoms with Crippen molar-refractivity contribution in [3.05, 3.63) is 11.9 Å². The third-order valence-electron chi connectivity index (χ3n) is 3.59. The lowest BCUT2D eigenvalue weighted by Gasteiger charge is -2.30. The average molecular weight is 294 g/mol. The predicted octanol–water partition coefficient (Wildman–Crippen LogP) is -0.152. The van der Waals surface area contributed by atoms with Crippen LogP contribution in [0.4, 0.5) is 11.6 Å². The first kappa shape index (κ1) is 14.0. The van der Waals surface area contributed by atoms with E-state index in [2.05, 4.69) is 9.97 Å². The second-order valence-electron chi connectivity index (χ2n) is 4.90. The highest BCUT2D eigenvalue weighted by atomic mass is 16.5. The molecule has 0 atom stereocenters. The number of carboxylic acid groups (broad SMARTS) is 1. The summed E-state index contributed by atoms with van der Waals surface area (Å²) in [5, 5.41) is 9.42. The number of anilines is 2. The van der Waals surface area contributed by atoms with E-state index in [9.17, 15) is 9.90 Å². The van der Waals surface area contributed by atoms with E-state index in [1.54, 1.807) is 6.20 Å². The Balaban J connectivity index is 1.88. The maximum atomic E-state index is 11.5. The molecule has 0 radical (unpaired) electrons. The van der Waals surface area contributed by atoms with Crippen molar-refractivity contribution >= 4 is 17.6 Å². The Bertz CT molecular complexity index is 513. The summed E-state index contributed by atoms with van der Waals surface area (Å²) in [6, 6.07) is 0. The van der Waals surface area contributed by atoms with E-state index < -0.39 is 5.97 Å². The quantitative estimate of drug-likeness (QED) is 0.823. The van der Waals surface area contributed by atoms with Gasteiger partial charge in [0.1, 0.15) is 5.82 Å². The summed E-state index contributed by atoms with van der Waals surface area (Å²) in [6.45, 7) is 5.05. The van der Waals surface area contributed by atoms with Gasteiger partial charge in [0, 0.05) is 26.2 Å². The van der Waals surface area contributed by atoms with Crippen molar-refractivity contribution in [1.82, 2.24) is 9.97 Å². The number of aromatic nitrogens is 2. The molecule has 3 heterocycles. The lowest BCUT2D eigenvalue weighted by molar-refractivity contribution is 0.0689. The monoisotopic (exact) mass is 294 g/mol. The van der Waals surface area contributed by atoms with Gasteiger partial charge in [-0.2, -0.15) is 0 Å². The van der Waals surface area contributed by atoms with Crippen molar-refractivity contribution in [2.24, 2.45) is 0 Å². The zero-order valence-electron chi connectivity index (χ0n) is 11.7. The molecule has 0 spiro atoms. The molecule has 3 rings (SSSR count). The van der Waals surface area contributed by atoms with Gasteiger partial charge >= 0.3 is 5.97 Å². The molecular weight excluding hydrogens is 276 g/mol. The van der Waals surface area contributed by atoms with E-state index >= 15 is 0 Å². The number of rotatable bonds is 3. The van der Waals surface area contributed by atoms with Gasteiger partial charge in [-0.1, -0.05) is 0 Å². The Kier molecular flexibility index (Phi) is 4.16. The van der Waals surface area contributed by atoms with Gasteiger partial charge < -0.3 is 24.4 Å². The highest BCUT2D eigenvalue weighted by Crippen LogP contribution is 2.21. The van der Waals surface area contributed by atoms with Crippen LogP contribution in [-0.2, 0) is 9.47 Å². The first-order valence-electron chi connectivity index (χ1n) is 7.01. The van der Waals surface area contributed by atoms with Gasteiger partial charge in [0.05, 0.1) is 32.6 Å². The van der Waals surface area contributed by atoms with Crippen LogP contribution in [0.25, 0.3) is 0 Å². The van der Waals surface area contributed by atoms with Gasteiger partial charge in [-0.3, -0.25) is 0 Å². The van der Waals surface area contributed by atoms with Crippen molar-refractivity contribution in [1.29, 1.82) is 0 Å². The normalized spacial score (nSPS) is 19.6. The van der Waals surface area contributed by atoms with Crippen molar-refractivity contribution in [2.45, 2.75) is 0 Å². The minimum absolute atomic E-state index is 0.000826. The summed E-state index contributed by atoms with van der Waals surface area (Å²) in [6.07, 6.45) is 1.64. The zero-order valence-corrected chi connectivity index (χ0v) is 11.7. The van der Waals surface area contributed by atoms with Crippen LogP contribution in [0.1, 0.15) is 10.5 Å². The second kappa shape index (κ2) is 6.23. The molecule has 0 aromatic carbocycles. The maximum absolute atomic E-state index is 11.5. The van der Waals surface area contributed by atoms with E-state index in [-0.39, 0.29) is 5.69 Å². The Labute approximate surface area is 122 Å². The van der Waals surface area contributed by atoms with E-state index in [1.165, 1.54) is 0 Å². The molecule has 0 unspecified atom stereocenters. The molecule has 1 N–H and O–H groups in total. The molecule has 1 aromatic heterocycles. The van der Waals surface area contributed by atoms with Crippen LogP contribution in [-0.4, -0.2) is 73.7 Å². The smallest absolute Gasteiger partial charge is 0.358 e. The summed E-state index contributed by atoms with van der Waals surface area (Å²) >= 11 is 0. The fourth-order valence-corrected chi connectivity index (χ4v) is 2.47. The highest BCUT2D eigenvalue weighted by molar-refractivity contribution is 5.91. The van der Waals surface area contributed by atoms with Crippen LogP contribution in [0.3, 0.4) is 0 Å². The Hall–Kier alpha value is -1.93. The van der Waals surface area contributed by atoms with Crippen LogP contribution in [0, 0.1) is 0 Å². The molecule has 8 nitrogen and oxygen atoms in total.